The molecule has 1 saturated heterocycles. The number of nitrogens with zero attached hydrogens (tertiary/aromatic N) is 1. The smallest absolute Gasteiger partial charge is 0.405 e. The number of methoxy groups -OCH3 is 2. The van der Waals surface area contributed by atoms with E-state index in [4.69, 9.17) is 9.47 Å². The highest BCUT2D eigenvalue weighted by Gasteiger charge is 2.31. The van der Waals surface area contributed by atoms with Crippen molar-refractivity contribution < 1.29 is 32.2 Å². The number of halogens is 3. The van der Waals surface area contributed by atoms with Gasteiger partial charge in [0, 0.05) is 19.0 Å². The molecule has 2 amide bonds. The SMILES string of the molecule is COc1ccc(CC(=O)N2CCC(C(=O)NCC(F)(F)F)CC2)cc1OC. The highest BCUT2D eigenvalue weighted by molar-refractivity contribution is 5.81. The van der Waals surface area contributed by atoms with Crippen LogP contribution in [0, 0.1) is 5.92 Å². The van der Waals surface area contributed by atoms with Crippen LogP contribution in [0.15, 0.2) is 18.2 Å². The molecule has 0 bridgehead atoms. The lowest BCUT2D eigenvalue weighted by Crippen LogP contribution is -2.45. The fraction of sp³-hybridized carbons (Fsp3) is 0.556. The molecule has 0 aliphatic carbocycles. The van der Waals surface area contributed by atoms with E-state index in [-0.39, 0.29) is 12.3 Å². The maximum Gasteiger partial charge on any atom is 0.405 e. The van der Waals surface area contributed by atoms with E-state index in [0.29, 0.717) is 37.4 Å². The minimum absolute atomic E-state index is 0.101. The highest BCUT2D eigenvalue weighted by Crippen LogP contribution is 2.28. The first-order chi connectivity index (χ1) is 12.7. The number of benzene rings is 1. The Morgan fingerprint density at radius 2 is 1.78 bits per heavy atom. The molecule has 1 N–H and O–H groups in total. The molecule has 2 rings (SSSR count). The first-order valence-electron chi connectivity index (χ1n) is 8.56. The number of rotatable bonds is 6. The zero-order valence-electron chi connectivity index (χ0n) is 15.3. The van der Waals surface area contributed by atoms with Gasteiger partial charge >= 0.3 is 6.18 Å². The van der Waals surface area contributed by atoms with Crippen LogP contribution in [0.25, 0.3) is 0 Å². The van der Waals surface area contributed by atoms with E-state index in [9.17, 15) is 22.8 Å². The number of ether oxygens (including phenoxy) is 2. The first kappa shape index (κ1) is 20.9. The summed E-state index contributed by atoms with van der Waals surface area (Å²) in [5.41, 5.74) is 0.766. The molecule has 6 nitrogen and oxygen atoms in total. The Bertz CT molecular complexity index is 671. The van der Waals surface area contributed by atoms with Crippen molar-refractivity contribution in [3.8, 4) is 11.5 Å². The van der Waals surface area contributed by atoms with Crippen molar-refractivity contribution in [2.45, 2.75) is 25.4 Å². The Hall–Kier alpha value is -2.45. The van der Waals surface area contributed by atoms with Gasteiger partial charge < -0.3 is 19.7 Å². The van der Waals surface area contributed by atoms with E-state index < -0.39 is 24.5 Å². The summed E-state index contributed by atoms with van der Waals surface area (Å²) < 4.78 is 46.9. The Morgan fingerprint density at radius 1 is 1.15 bits per heavy atom. The van der Waals surface area contributed by atoms with Crippen LogP contribution >= 0.6 is 0 Å². The molecule has 1 heterocycles. The lowest BCUT2D eigenvalue weighted by molar-refractivity contribution is -0.142. The number of amides is 2. The molecular weight excluding hydrogens is 365 g/mol. The summed E-state index contributed by atoms with van der Waals surface area (Å²) in [6.45, 7) is -0.642. The number of carbonyl (C=O) groups excluding carboxylic acids is 2. The van der Waals surface area contributed by atoms with Gasteiger partial charge in [0.2, 0.25) is 11.8 Å². The summed E-state index contributed by atoms with van der Waals surface area (Å²) >= 11 is 0. The second-order valence-electron chi connectivity index (χ2n) is 6.35. The van der Waals surface area contributed by atoms with Gasteiger partial charge in [-0.15, -0.1) is 0 Å². The van der Waals surface area contributed by atoms with E-state index in [0.717, 1.165) is 5.56 Å². The minimum Gasteiger partial charge on any atom is -0.493 e. The molecule has 1 aliphatic heterocycles. The van der Waals surface area contributed by atoms with Crippen LogP contribution < -0.4 is 14.8 Å². The molecule has 0 atom stereocenters. The van der Waals surface area contributed by atoms with E-state index >= 15 is 0 Å². The summed E-state index contributed by atoms with van der Waals surface area (Å²) in [7, 11) is 3.04. The number of alkyl halides is 3. The first-order valence-corrected chi connectivity index (χ1v) is 8.56. The molecule has 0 unspecified atom stereocenters. The van der Waals surface area contributed by atoms with Gasteiger partial charge in [0.25, 0.3) is 0 Å². The van der Waals surface area contributed by atoms with Gasteiger partial charge in [-0.2, -0.15) is 13.2 Å². The number of piperidine rings is 1. The van der Waals surface area contributed by atoms with E-state index in [1.807, 2.05) is 5.32 Å². The Morgan fingerprint density at radius 3 is 2.33 bits per heavy atom. The Balaban J connectivity index is 1.85. The standard InChI is InChI=1S/C18H23F3N2O4/c1-26-14-4-3-12(9-15(14)27-2)10-16(24)23-7-5-13(6-8-23)17(25)22-11-18(19,20)21/h3-4,9,13H,5-8,10-11H2,1-2H3,(H,22,25). The quantitative estimate of drug-likeness (QED) is 0.811. The van der Waals surface area contributed by atoms with Crippen molar-refractivity contribution in [1.82, 2.24) is 10.2 Å². The second-order valence-corrected chi connectivity index (χ2v) is 6.35. The molecule has 1 aliphatic rings. The molecule has 0 saturated carbocycles. The average molecular weight is 388 g/mol. The number of hydrogen-bond donors (Lipinski definition) is 1. The molecule has 1 aromatic rings. The summed E-state index contributed by atoms with van der Waals surface area (Å²) in [6, 6.07) is 5.23. The Labute approximate surface area is 155 Å². The predicted octanol–water partition coefficient (Wildman–Crippen LogP) is 2.16. The number of hydrogen-bond acceptors (Lipinski definition) is 4. The van der Waals surface area contributed by atoms with Crippen molar-refractivity contribution in [3.63, 3.8) is 0 Å². The predicted molar refractivity (Wildman–Crippen MR) is 91.6 cm³/mol. The monoisotopic (exact) mass is 388 g/mol. The lowest BCUT2D eigenvalue weighted by Gasteiger charge is -2.31. The lowest BCUT2D eigenvalue weighted by atomic mass is 9.95. The Kier molecular flexibility index (Phi) is 6.92. The van der Waals surface area contributed by atoms with Crippen LogP contribution in [0.1, 0.15) is 18.4 Å². The molecular formula is C18H23F3N2O4. The van der Waals surface area contributed by atoms with Gasteiger partial charge in [-0.1, -0.05) is 6.07 Å². The average Bonchev–Trinajstić information content (AvgIpc) is 2.65. The minimum atomic E-state index is -4.42. The molecule has 27 heavy (non-hydrogen) atoms. The topological polar surface area (TPSA) is 67.9 Å². The van der Waals surface area contributed by atoms with Crippen LogP contribution in [0.3, 0.4) is 0 Å². The molecule has 1 fully saturated rings. The zero-order valence-corrected chi connectivity index (χ0v) is 15.3. The van der Waals surface area contributed by atoms with Crippen molar-refractivity contribution in [2.24, 2.45) is 5.92 Å². The number of nitrogens with one attached hydrogen (secondary N) is 1. The summed E-state index contributed by atoms with van der Waals surface area (Å²) in [5, 5.41) is 1.91. The van der Waals surface area contributed by atoms with Crippen molar-refractivity contribution in [2.75, 3.05) is 33.9 Å². The van der Waals surface area contributed by atoms with E-state index in [1.54, 1.807) is 23.1 Å². The van der Waals surface area contributed by atoms with Crippen LogP contribution in [0.2, 0.25) is 0 Å². The normalized spacial score (nSPS) is 15.4. The van der Waals surface area contributed by atoms with Crippen molar-refractivity contribution in [3.05, 3.63) is 23.8 Å². The fourth-order valence-corrected chi connectivity index (χ4v) is 3.00. The van der Waals surface area contributed by atoms with Crippen molar-refractivity contribution in [1.29, 1.82) is 0 Å². The maximum atomic E-state index is 12.5. The molecule has 0 radical (unpaired) electrons. The molecule has 9 heteroatoms. The van der Waals surface area contributed by atoms with Crippen molar-refractivity contribution >= 4 is 11.8 Å². The highest BCUT2D eigenvalue weighted by atomic mass is 19.4. The van der Waals surface area contributed by atoms with E-state index in [1.165, 1.54) is 14.2 Å². The third-order valence-corrected chi connectivity index (χ3v) is 4.48. The molecule has 0 aromatic heterocycles. The summed E-state index contributed by atoms with van der Waals surface area (Å²) in [5.74, 6) is -0.115. The largest absolute Gasteiger partial charge is 0.493 e. The van der Waals surface area contributed by atoms with Gasteiger partial charge in [-0.3, -0.25) is 9.59 Å². The van der Waals surface area contributed by atoms with Crippen LogP contribution in [0.5, 0.6) is 11.5 Å². The van der Waals surface area contributed by atoms with E-state index in [2.05, 4.69) is 0 Å². The maximum absolute atomic E-state index is 12.5. The third kappa shape index (κ3) is 6.04. The molecule has 0 spiro atoms. The van der Waals surface area contributed by atoms with Crippen LogP contribution in [-0.2, 0) is 16.0 Å². The summed E-state index contributed by atoms with van der Waals surface area (Å²) in [6.07, 6.45) is -3.56. The summed E-state index contributed by atoms with van der Waals surface area (Å²) in [4.78, 5) is 25.9. The molecule has 150 valence electrons. The van der Waals surface area contributed by atoms with Gasteiger partial charge in [-0.25, -0.2) is 0 Å². The fourth-order valence-electron chi connectivity index (χ4n) is 3.00. The zero-order chi connectivity index (χ0) is 20.0. The van der Waals surface area contributed by atoms with Crippen LogP contribution in [0.4, 0.5) is 13.2 Å². The number of carbonyl (C=O) groups is 2. The number of likely N-dealkylation sites (tertiary alicyclic amines) is 1. The van der Waals surface area contributed by atoms with Gasteiger partial charge in [0.15, 0.2) is 11.5 Å². The molecule has 1 aromatic carbocycles. The third-order valence-electron chi connectivity index (χ3n) is 4.48. The second kappa shape index (κ2) is 8.96. The van der Waals surface area contributed by atoms with Crippen LogP contribution in [-0.4, -0.2) is 56.7 Å². The van der Waals surface area contributed by atoms with Gasteiger partial charge in [0.1, 0.15) is 6.54 Å². The van der Waals surface area contributed by atoms with Gasteiger partial charge in [-0.05, 0) is 30.5 Å². The van der Waals surface area contributed by atoms with Gasteiger partial charge in [0.05, 0.1) is 20.6 Å².